The molecule has 2 N–H and O–H groups in total. The molecule has 4 spiro atoms. The van der Waals surface area contributed by atoms with Crippen molar-refractivity contribution < 1.29 is 76.8 Å². The molecule has 0 saturated carbocycles. The molecule has 0 aromatic heterocycles. The van der Waals surface area contributed by atoms with E-state index in [0.717, 1.165) is 98.3 Å². The number of unbranched alkanes of at least 4 members (excludes halogenated alkanes) is 2. The zero-order chi connectivity index (χ0) is 69.2. The zero-order valence-corrected chi connectivity index (χ0v) is 58.6. The zero-order valence-electron chi connectivity index (χ0n) is 58.6. The number of likely N-dealkylation sites (tertiary alicyclic amines) is 4. The lowest BCUT2D eigenvalue weighted by atomic mass is 9.53. The number of phenolic OH excluding ortho intramolecular Hbond substituents is 2. The lowest BCUT2D eigenvalue weighted by Gasteiger charge is -2.57. The molecule has 8 bridgehead atoms. The van der Waals surface area contributed by atoms with E-state index in [4.69, 9.17) is 47.4 Å². The van der Waals surface area contributed by atoms with Crippen molar-refractivity contribution in [3.05, 3.63) is 141 Å². The van der Waals surface area contributed by atoms with Crippen LogP contribution in [-0.4, -0.2) is 188 Å². The molecule has 4 aromatic rings. The van der Waals surface area contributed by atoms with Crippen molar-refractivity contribution in [3.63, 3.8) is 0 Å². The number of ether oxygens (including phenoxy) is 10. The summed E-state index contributed by atoms with van der Waals surface area (Å²) < 4.78 is 65.3. The Kier molecular flexibility index (Phi) is 14.3. The van der Waals surface area contributed by atoms with Crippen LogP contribution in [0.25, 0.3) is 0 Å². The summed E-state index contributed by atoms with van der Waals surface area (Å²) in [7, 11) is 10.0. The Balaban J connectivity index is 0.488. The predicted molar refractivity (Wildman–Crippen MR) is 370 cm³/mol. The number of aromatic hydroxyl groups is 2. The molecule has 20 nitrogen and oxygen atoms in total. The topological polar surface area (TPSA) is 214 Å². The molecule has 534 valence electrons. The second kappa shape index (κ2) is 23.0. The first kappa shape index (κ1) is 63.6. The molecule has 8 aliphatic heterocycles. The summed E-state index contributed by atoms with van der Waals surface area (Å²) in [5.74, 6) is 3.32. The van der Waals surface area contributed by atoms with Crippen LogP contribution in [-0.2, 0) is 92.0 Å². The third-order valence-corrected chi connectivity index (χ3v) is 28.4. The average molecular weight is 1390 g/mol. The number of rotatable bonds is 18. The van der Waals surface area contributed by atoms with Gasteiger partial charge in [0.05, 0.1) is 14.2 Å². The van der Waals surface area contributed by atoms with E-state index in [1.54, 1.807) is 26.4 Å². The maximum absolute atomic E-state index is 14.1. The van der Waals surface area contributed by atoms with Crippen LogP contribution in [0.3, 0.4) is 0 Å². The Bertz CT molecular complexity index is 4390. The molecule has 3 unspecified atom stereocenters. The van der Waals surface area contributed by atoms with E-state index in [1.807, 2.05) is 36.4 Å². The van der Waals surface area contributed by atoms with Gasteiger partial charge in [0.1, 0.15) is 24.4 Å². The van der Waals surface area contributed by atoms with Crippen molar-refractivity contribution in [2.75, 3.05) is 61.5 Å². The van der Waals surface area contributed by atoms with Gasteiger partial charge in [-0.3, -0.25) is 24.1 Å². The number of nitrogens with zero attached hydrogens (tertiary/aromatic N) is 4. The van der Waals surface area contributed by atoms with Crippen LogP contribution in [0.1, 0.15) is 127 Å². The van der Waals surface area contributed by atoms with Crippen LogP contribution < -0.4 is 28.4 Å². The van der Waals surface area contributed by atoms with E-state index in [9.17, 15) is 29.4 Å². The van der Waals surface area contributed by atoms with Crippen molar-refractivity contribution in [3.8, 4) is 46.0 Å². The molecule has 102 heavy (non-hydrogen) atoms. The number of benzene rings is 4. The van der Waals surface area contributed by atoms with Gasteiger partial charge in [-0.15, -0.1) is 0 Å². The van der Waals surface area contributed by atoms with Crippen molar-refractivity contribution in [1.82, 2.24) is 19.6 Å². The molecule has 20 atom stereocenters. The molecule has 4 aromatic carbocycles. The number of methoxy groups -OCH3 is 2. The third kappa shape index (κ3) is 8.63. The molecule has 0 radical (unpaired) electrons. The van der Waals surface area contributed by atoms with Crippen molar-refractivity contribution in [1.29, 1.82) is 0 Å². The quantitative estimate of drug-likeness (QED) is 0.0413. The Hall–Kier alpha value is -8.04. The summed E-state index contributed by atoms with van der Waals surface area (Å²) in [6, 6.07) is 14.9. The van der Waals surface area contributed by atoms with Crippen LogP contribution in [0.4, 0.5) is 0 Å². The molecule has 0 amide bonds. The number of hydrogen-bond acceptors (Lipinski definition) is 20. The van der Waals surface area contributed by atoms with E-state index >= 15 is 0 Å². The van der Waals surface area contributed by atoms with E-state index in [0.29, 0.717) is 80.3 Å². The van der Waals surface area contributed by atoms with Gasteiger partial charge >= 0.3 is 23.9 Å². The summed E-state index contributed by atoms with van der Waals surface area (Å²) in [6.45, 7) is 3.98. The average Bonchev–Trinajstić information content (AvgIpc) is 1.49. The number of esters is 4. The van der Waals surface area contributed by atoms with Crippen LogP contribution in [0.5, 0.6) is 46.0 Å². The first-order chi connectivity index (χ1) is 49.6. The van der Waals surface area contributed by atoms with Crippen molar-refractivity contribution in [2.24, 2.45) is 23.7 Å². The molecule has 20 rings (SSSR count). The number of phenols is 2. The van der Waals surface area contributed by atoms with E-state index in [2.05, 4.69) is 83.3 Å². The highest BCUT2D eigenvalue weighted by Gasteiger charge is 2.70. The highest BCUT2D eigenvalue weighted by atomic mass is 16.6. The molecular weight excluding hydrogens is 1300 g/mol. The van der Waals surface area contributed by atoms with E-state index in [-0.39, 0.29) is 114 Å². The van der Waals surface area contributed by atoms with Gasteiger partial charge in [0.2, 0.25) is 0 Å². The number of carbonyl (C=O) groups excluding carboxylic acids is 4. The first-order valence-corrected chi connectivity index (χ1v) is 37.7. The summed E-state index contributed by atoms with van der Waals surface area (Å²) in [4.78, 5) is 65.4. The highest BCUT2D eigenvalue weighted by molar-refractivity contribution is 5.74. The highest BCUT2D eigenvalue weighted by Crippen LogP contribution is 2.68. The fourth-order valence-corrected chi connectivity index (χ4v) is 24.1. The summed E-state index contributed by atoms with van der Waals surface area (Å²) in [5.41, 5.74) is 8.71. The van der Waals surface area contributed by atoms with Gasteiger partial charge in [-0.05, 0) is 189 Å². The first-order valence-electron chi connectivity index (χ1n) is 37.7. The van der Waals surface area contributed by atoms with E-state index in [1.165, 1.54) is 27.8 Å². The number of likely N-dealkylation sites (N-methyl/N-ethyl adjacent to an activating group) is 3. The smallest absolute Gasteiger partial charge is 0.306 e. The Morgan fingerprint density at radius 1 is 0.431 bits per heavy atom. The minimum absolute atomic E-state index is 0.0233. The van der Waals surface area contributed by atoms with Crippen LogP contribution in [0, 0.1) is 23.7 Å². The molecule has 16 aliphatic rings. The van der Waals surface area contributed by atoms with Gasteiger partial charge in [-0.1, -0.05) is 48.6 Å². The number of hydrogen-bond donors (Lipinski definition) is 2. The molecular formula is C82H90N4O16. The van der Waals surface area contributed by atoms with Gasteiger partial charge in [0, 0.05) is 130 Å². The van der Waals surface area contributed by atoms with Gasteiger partial charge in [0.15, 0.2) is 70.4 Å². The lowest BCUT2D eigenvalue weighted by molar-refractivity contribution is -0.157. The summed E-state index contributed by atoms with van der Waals surface area (Å²) in [5, 5.41) is 22.5. The molecule has 8 heterocycles. The minimum Gasteiger partial charge on any atom is -0.504 e. The molecule has 20 heteroatoms. The van der Waals surface area contributed by atoms with Crippen LogP contribution in [0.2, 0.25) is 0 Å². The fraction of sp³-hybridized carbons (Fsp3) is 0.561. The van der Waals surface area contributed by atoms with Gasteiger partial charge < -0.3 is 72.3 Å². The SMILES string of the molecule is COc1ccc2c3c1O[C@H]1[C@@H](OC(=O)CCCCC(=O)O[C@H]4C=C[C@H]5[C@H]6Cc7cc(CN8CCC9%10c%11c%12ccc(O)c%11O[C@H]9[C@@H](OC(=O)CCCCC(=O)O[C@H]9C=C[C@H]%11[C@H]%13Cc%14ccc(O)c%15c%14C%11(CCN%13C)[C@H]9O%15)C=C[C@H]%10[C@H]8C%12)c(OC)c8c7[C@@]5(CCN6C)[C@H]4O8)C=C[C@H]4[C@@H](C2)N(C)CCC341. The lowest BCUT2D eigenvalue weighted by Crippen LogP contribution is -2.65. The maximum atomic E-state index is 14.1. The van der Waals surface area contributed by atoms with Gasteiger partial charge in [-0.2, -0.15) is 0 Å². The number of carbonyl (C=O) groups is 4. The molecule has 4 fully saturated rings. The summed E-state index contributed by atoms with van der Waals surface area (Å²) in [6.07, 6.45) is 21.7. The van der Waals surface area contributed by atoms with Crippen LogP contribution >= 0.6 is 0 Å². The fourth-order valence-electron chi connectivity index (χ4n) is 24.1. The monoisotopic (exact) mass is 1390 g/mol. The molecule has 4 saturated heterocycles. The van der Waals surface area contributed by atoms with Gasteiger partial charge in [0.25, 0.3) is 0 Å². The van der Waals surface area contributed by atoms with Crippen molar-refractivity contribution in [2.45, 2.75) is 204 Å². The maximum Gasteiger partial charge on any atom is 0.306 e. The predicted octanol–water partition coefficient (Wildman–Crippen LogP) is 8.63. The van der Waals surface area contributed by atoms with E-state index < -0.39 is 53.6 Å². The standard InChI is InChI=1S/C82H90N4O16/c1-83-32-28-79-47-17-24-58(75(79)99-71-55(87)21-14-42(66(71)79)37-51(47)83)95-62(89)10-6-7-11-63(90)96-59-27-20-50-54-39-43-15-22-56(88)72-67(43)82(50,76(59)100-72)31-35-86(54)41-46-36-45-40-53-49-19-26-61(78-81(49,30-34-85(53)3)69(45)74(102-78)70(46)94-5)98-65(92)13-9-8-12-64(91)97-60-25-18-48-52-38-44-16-23-57(93-4)73-68(44)80(48,77(60)101-73)29-33-84(52)2/h14-27,36,47-54,58-61,75-78,87-88H,6-13,28-35,37-41H2,1-5H3/t47-,48-,49-,50-,51+,52+,53+,54+,58-,59-,60-,61-,75-,76-,77-,78-,79?,80?,81-,82?/m0/s1. The molecule has 8 aliphatic carbocycles. The van der Waals surface area contributed by atoms with Crippen LogP contribution in [0.15, 0.2) is 91.1 Å². The Labute approximate surface area is 593 Å². The third-order valence-electron chi connectivity index (χ3n) is 28.4. The second-order valence-electron chi connectivity index (χ2n) is 32.6. The largest absolute Gasteiger partial charge is 0.504 e. The normalized spacial score (nSPS) is 37.3. The van der Waals surface area contributed by atoms with Crippen molar-refractivity contribution >= 4 is 23.9 Å². The Morgan fingerprint density at radius 2 is 0.784 bits per heavy atom. The minimum atomic E-state index is -0.705. The summed E-state index contributed by atoms with van der Waals surface area (Å²) >= 11 is 0. The Morgan fingerprint density at radius 3 is 1.21 bits per heavy atom. The van der Waals surface area contributed by atoms with Gasteiger partial charge in [-0.25, -0.2) is 0 Å². The second-order valence-corrected chi connectivity index (χ2v) is 32.6. The number of piperidine rings is 4.